The quantitative estimate of drug-likeness (QED) is 0.763. The number of hydrogen-bond acceptors (Lipinski definition) is 4. The molecular weight excluding hydrogens is 204 g/mol. The molecule has 2 atom stereocenters. The van der Waals surface area contributed by atoms with Crippen molar-refractivity contribution < 1.29 is 9.15 Å². The standard InChI is InChI=1S/C12H16N2O2/c1-9(7-13)14-5-6-15-12(8-14)11-4-3-10(2)16-11/h3-4,9,12H,5-6,8H2,1-2H3. The molecule has 0 aliphatic carbocycles. The van der Waals surface area contributed by atoms with Crippen LogP contribution in [0.4, 0.5) is 0 Å². The van der Waals surface area contributed by atoms with Crippen molar-refractivity contribution in [1.82, 2.24) is 4.90 Å². The van der Waals surface area contributed by atoms with E-state index >= 15 is 0 Å². The van der Waals surface area contributed by atoms with Gasteiger partial charge in [-0.3, -0.25) is 4.90 Å². The van der Waals surface area contributed by atoms with Gasteiger partial charge in [0.05, 0.1) is 18.7 Å². The average Bonchev–Trinajstić information content (AvgIpc) is 2.75. The highest BCUT2D eigenvalue weighted by Crippen LogP contribution is 2.24. The molecule has 1 aliphatic heterocycles. The van der Waals surface area contributed by atoms with E-state index in [1.807, 2.05) is 26.0 Å². The fraction of sp³-hybridized carbons (Fsp3) is 0.583. The first-order valence-electron chi connectivity index (χ1n) is 5.52. The summed E-state index contributed by atoms with van der Waals surface area (Å²) in [4.78, 5) is 2.12. The molecule has 0 radical (unpaired) electrons. The predicted octanol–water partition coefficient (Wildman–Crippen LogP) is 1.87. The SMILES string of the molecule is Cc1ccc(C2CN(C(C)C#N)CCO2)o1. The fourth-order valence-electron chi connectivity index (χ4n) is 1.90. The van der Waals surface area contributed by atoms with E-state index in [9.17, 15) is 0 Å². The van der Waals surface area contributed by atoms with Gasteiger partial charge in [0.15, 0.2) is 0 Å². The largest absolute Gasteiger partial charge is 0.464 e. The van der Waals surface area contributed by atoms with Crippen molar-refractivity contribution in [3.05, 3.63) is 23.7 Å². The molecule has 1 aromatic rings. The third-order valence-corrected chi connectivity index (χ3v) is 2.91. The van der Waals surface area contributed by atoms with Gasteiger partial charge >= 0.3 is 0 Å². The highest BCUT2D eigenvalue weighted by atomic mass is 16.5. The average molecular weight is 220 g/mol. The Morgan fingerprint density at radius 2 is 2.38 bits per heavy atom. The predicted molar refractivity (Wildman–Crippen MR) is 58.8 cm³/mol. The zero-order valence-corrected chi connectivity index (χ0v) is 9.64. The van der Waals surface area contributed by atoms with Gasteiger partial charge < -0.3 is 9.15 Å². The van der Waals surface area contributed by atoms with Crippen LogP contribution >= 0.6 is 0 Å². The topological polar surface area (TPSA) is 49.4 Å². The van der Waals surface area contributed by atoms with Crippen molar-refractivity contribution in [2.24, 2.45) is 0 Å². The molecule has 1 fully saturated rings. The second-order valence-electron chi connectivity index (χ2n) is 4.11. The zero-order chi connectivity index (χ0) is 11.5. The molecule has 2 rings (SSSR count). The molecule has 0 spiro atoms. The lowest BCUT2D eigenvalue weighted by atomic mass is 10.2. The first kappa shape index (κ1) is 11.2. The van der Waals surface area contributed by atoms with Crippen LogP contribution in [0, 0.1) is 18.3 Å². The third kappa shape index (κ3) is 2.26. The third-order valence-electron chi connectivity index (χ3n) is 2.91. The second kappa shape index (κ2) is 4.69. The van der Waals surface area contributed by atoms with Gasteiger partial charge in [0.2, 0.25) is 0 Å². The normalized spacial score (nSPS) is 23.9. The van der Waals surface area contributed by atoms with Gasteiger partial charge in [-0.15, -0.1) is 0 Å². The Morgan fingerprint density at radius 3 is 3.00 bits per heavy atom. The monoisotopic (exact) mass is 220 g/mol. The number of nitrogens with zero attached hydrogens (tertiary/aromatic N) is 2. The van der Waals surface area contributed by atoms with Crippen LogP contribution in [0.3, 0.4) is 0 Å². The molecule has 1 aromatic heterocycles. The molecule has 4 heteroatoms. The summed E-state index contributed by atoms with van der Waals surface area (Å²) in [6.07, 6.45) is -0.0433. The van der Waals surface area contributed by atoms with Crippen LogP contribution in [-0.4, -0.2) is 30.6 Å². The van der Waals surface area contributed by atoms with Gasteiger partial charge in [-0.1, -0.05) is 0 Å². The molecule has 0 amide bonds. The van der Waals surface area contributed by atoms with E-state index in [0.29, 0.717) is 6.61 Å². The fourth-order valence-corrected chi connectivity index (χ4v) is 1.90. The number of nitriles is 1. The number of furan rings is 1. The molecule has 0 aromatic carbocycles. The minimum atomic E-state index is -0.0672. The summed E-state index contributed by atoms with van der Waals surface area (Å²) < 4.78 is 11.2. The lowest BCUT2D eigenvalue weighted by Crippen LogP contribution is -2.42. The minimum absolute atomic E-state index is 0.0433. The van der Waals surface area contributed by atoms with Crippen LogP contribution in [0.2, 0.25) is 0 Å². The summed E-state index contributed by atoms with van der Waals surface area (Å²) in [5.74, 6) is 1.75. The van der Waals surface area contributed by atoms with Gasteiger partial charge in [-0.25, -0.2) is 0 Å². The molecule has 1 aliphatic rings. The molecule has 2 unspecified atom stereocenters. The first-order valence-corrected chi connectivity index (χ1v) is 5.52. The zero-order valence-electron chi connectivity index (χ0n) is 9.64. The van der Waals surface area contributed by atoms with E-state index in [-0.39, 0.29) is 12.1 Å². The molecule has 0 bridgehead atoms. The van der Waals surface area contributed by atoms with Crippen molar-refractivity contribution in [3.8, 4) is 6.07 Å². The van der Waals surface area contributed by atoms with Crippen molar-refractivity contribution in [2.75, 3.05) is 19.7 Å². The summed E-state index contributed by atoms with van der Waals surface area (Å²) in [5.41, 5.74) is 0. The number of morpholine rings is 1. The van der Waals surface area contributed by atoms with Crippen molar-refractivity contribution >= 4 is 0 Å². The Morgan fingerprint density at radius 1 is 1.56 bits per heavy atom. The summed E-state index contributed by atoms with van der Waals surface area (Å²) in [7, 11) is 0. The maximum absolute atomic E-state index is 8.89. The van der Waals surface area contributed by atoms with Gasteiger partial charge in [-0.2, -0.15) is 5.26 Å². The Hall–Kier alpha value is -1.31. The van der Waals surface area contributed by atoms with Gasteiger partial charge in [0, 0.05) is 13.1 Å². The highest BCUT2D eigenvalue weighted by Gasteiger charge is 2.26. The number of rotatable bonds is 2. The van der Waals surface area contributed by atoms with E-state index < -0.39 is 0 Å². The van der Waals surface area contributed by atoms with E-state index in [0.717, 1.165) is 24.6 Å². The van der Waals surface area contributed by atoms with Crippen LogP contribution in [0.25, 0.3) is 0 Å². The van der Waals surface area contributed by atoms with Crippen molar-refractivity contribution in [2.45, 2.75) is 26.0 Å². The number of aryl methyl sites for hydroxylation is 1. The van der Waals surface area contributed by atoms with E-state index in [4.69, 9.17) is 14.4 Å². The highest BCUT2D eigenvalue weighted by molar-refractivity contribution is 5.09. The second-order valence-corrected chi connectivity index (χ2v) is 4.11. The molecule has 0 N–H and O–H groups in total. The molecule has 0 saturated carbocycles. The molecule has 2 heterocycles. The van der Waals surface area contributed by atoms with Crippen LogP contribution in [0.5, 0.6) is 0 Å². The summed E-state index contributed by atoms with van der Waals surface area (Å²) in [5, 5.41) is 8.89. The van der Waals surface area contributed by atoms with Gasteiger partial charge in [-0.05, 0) is 26.0 Å². The molecule has 1 saturated heterocycles. The molecule has 16 heavy (non-hydrogen) atoms. The van der Waals surface area contributed by atoms with Crippen LogP contribution < -0.4 is 0 Å². The lowest BCUT2D eigenvalue weighted by molar-refractivity contribution is -0.0457. The van der Waals surface area contributed by atoms with Gasteiger partial charge in [0.25, 0.3) is 0 Å². The van der Waals surface area contributed by atoms with Crippen molar-refractivity contribution in [1.29, 1.82) is 5.26 Å². The van der Waals surface area contributed by atoms with E-state index in [1.54, 1.807) is 0 Å². The Bertz CT molecular complexity index is 394. The summed E-state index contributed by atoms with van der Waals surface area (Å²) in [6.45, 7) is 6.01. The molecule has 4 nitrogen and oxygen atoms in total. The lowest BCUT2D eigenvalue weighted by Gasteiger charge is -2.33. The van der Waals surface area contributed by atoms with Crippen molar-refractivity contribution in [3.63, 3.8) is 0 Å². The Labute approximate surface area is 95.4 Å². The summed E-state index contributed by atoms with van der Waals surface area (Å²) >= 11 is 0. The Kier molecular flexibility index (Phi) is 3.28. The maximum Gasteiger partial charge on any atom is 0.134 e. The number of ether oxygens (including phenoxy) is 1. The van der Waals surface area contributed by atoms with E-state index in [2.05, 4.69) is 11.0 Å². The minimum Gasteiger partial charge on any atom is -0.464 e. The van der Waals surface area contributed by atoms with E-state index in [1.165, 1.54) is 0 Å². The smallest absolute Gasteiger partial charge is 0.134 e. The maximum atomic E-state index is 8.89. The Balaban J connectivity index is 2.05. The van der Waals surface area contributed by atoms with Crippen LogP contribution in [-0.2, 0) is 4.74 Å². The van der Waals surface area contributed by atoms with Crippen LogP contribution in [0.15, 0.2) is 16.5 Å². The van der Waals surface area contributed by atoms with Gasteiger partial charge in [0.1, 0.15) is 17.6 Å². The summed E-state index contributed by atoms with van der Waals surface area (Å²) in [6, 6.07) is 6.07. The number of hydrogen-bond donors (Lipinski definition) is 0. The molecular formula is C12H16N2O2. The first-order chi connectivity index (χ1) is 7.70. The van der Waals surface area contributed by atoms with Crippen LogP contribution in [0.1, 0.15) is 24.5 Å². The molecule has 86 valence electrons.